The summed E-state index contributed by atoms with van der Waals surface area (Å²) in [6.07, 6.45) is 4.62. The zero-order chi connectivity index (χ0) is 14.4. The number of hydrogen-bond acceptors (Lipinski definition) is 4. The van der Waals surface area contributed by atoms with Crippen molar-refractivity contribution < 1.29 is 14.0 Å². The number of pyridine rings is 1. The van der Waals surface area contributed by atoms with E-state index in [4.69, 9.17) is 4.42 Å². The van der Waals surface area contributed by atoms with Crippen molar-refractivity contribution >= 4 is 11.8 Å². The highest BCUT2D eigenvalue weighted by Gasteiger charge is 2.14. The Morgan fingerprint density at radius 3 is 2.70 bits per heavy atom. The number of likely N-dealkylation sites (N-methyl/N-ethyl adjacent to an activating group) is 1. The van der Waals surface area contributed by atoms with E-state index in [9.17, 15) is 9.59 Å². The lowest BCUT2D eigenvalue weighted by molar-refractivity contribution is -0.121. The Hall–Kier alpha value is -2.63. The van der Waals surface area contributed by atoms with E-state index in [1.54, 1.807) is 37.6 Å². The Balaban J connectivity index is 1.83. The minimum Gasteiger partial charge on any atom is -0.467 e. The third-order valence-electron chi connectivity index (χ3n) is 2.69. The maximum absolute atomic E-state index is 12.0. The smallest absolute Gasteiger partial charge is 0.254 e. The molecule has 6 nitrogen and oxygen atoms in total. The van der Waals surface area contributed by atoms with Crippen molar-refractivity contribution in [2.24, 2.45) is 0 Å². The average molecular weight is 273 g/mol. The molecule has 6 heteroatoms. The summed E-state index contributed by atoms with van der Waals surface area (Å²) >= 11 is 0. The number of hydrogen-bond donors (Lipinski definition) is 1. The van der Waals surface area contributed by atoms with Gasteiger partial charge in [0.05, 0.1) is 19.4 Å². The first-order chi connectivity index (χ1) is 9.66. The molecule has 0 unspecified atom stereocenters. The molecule has 2 amide bonds. The van der Waals surface area contributed by atoms with Crippen LogP contribution in [0.3, 0.4) is 0 Å². The van der Waals surface area contributed by atoms with Crippen molar-refractivity contribution in [3.8, 4) is 0 Å². The fourth-order valence-electron chi connectivity index (χ4n) is 1.66. The number of aromatic nitrogens is 1. The van der Waals surface area contributed by atoms with Gasteiger partial charge in [0.2, 0.25) is 5.91 Å². The van der Waals surface area contributed by atoms with Gasteiger partial charge in [-0.2, -0.15) is 0 Å². The van der Waals surface area contributed by atoms with Crippen LogP contribution < -0.4 is 5.32 Å². The van der Waals surface area contributed by atoms with Crippen LogP contribution in [0.5, 0.6) is 0 Å². The monoisotopic (exact) mass is 273 g/mol. The van der Waals surface area contributed by atoms with E-state index in [0.717, 1.165) is 0 Å². The first-order valence-corrected chi connectivity index (χ1v) is 6.11. The predicted molar refractivity (Wildman–Crippen MR) is 71.8 cm³/mol. The molecular weight excluding hydrogens is 258 g/mol. The number of carbonyl (C=O) groups excluding carboxylic acids is 2. The summed E-state index contributed by atoms with van der Waals surface area (Å²) in [5.74, 6) is 0.202. The summed E-state index contributed by atoms with van der Waals surface area (Å²) in [6.45, 7) is 0.297. The summed E-state index contributed by atoms with van der Waals surface area (Å²) in [6, 6.07) is 6.74. The topological polar surface area (TPSA) is 75.4 Å². The highest BCUT2D eigenvalue weighted by atomic mass is 16.3. The highest BCUT2D eigenvalue weighted by Crippen LogP contribution is 2.02. The van der Waals surface area contributed by atoms with Gasteiger partial charge in [-0.1, -0.05) is 0 Å². The Kier molecular flexibility index (Phi) is 4.49. The zero-order valence-corrected chi connectivity index (χ0v) is 11.1. The van der Waals surface area contributed by atoms with Crippen LogP contribution in [0.1, 0.15) is 16.1 Å². The fraction of sp³-hybridized carbons (Fsp3) is 0.214. The molecular formula is C14H15N3O3. The summed E-state index contributed by atoms with van der Waals surface area (Å²) in [4.78, 5) is 28.9. The largest absolute Gasteiger partial charge is 0.467 e. The average Bonchev–Trinajstić information content (AvgIpc) is 2.98. The molecule has 0 aromatic carbocycles. The van der Waals surface area contributed by atoms with E-state index in [1.807, 2.05) is 0 Å². The Morgan fingerprint density at radius 2 is 2.05 bits per heavy atom. The van der Waals surface area contributed by atoms with Gasteiger partial charge in [0.25, 0.3) is 5.91 Å². The van der Waals surface area contributed by atoms with Gasteiger partial charge < -0.3 is 14.6 Å². The number of nitrogens with zero attached hydrogens (tertiary/aromatic N) is 2. The highest BCUT2D eigenvalue weighted by molar-refractivity contribution is 5.96. The van der Waals surface area contributed by atoms with Gasteiger partial charge in [-0.25, -0.2) is 0 Å². The van der Waals surface area contributed by atoms with E-state index in [2.05, 4.69) is 10.3 Å². The molecule has 0 fully saturated rings. The molecule has 0 aliphatic carbocycles. The van der Waals surface area contributed by atoms with E-state index < -0.39 is 0 Å². The second-order valence-corrected chi connectivity index (χ2v) is 4.25. The molecule has 0 saturated carbocycles. The molecule has 0 saturated heterocycles. The van der Waals surface area contributed by atoms with Gasteiger partial charge in [0.15, 0.2) is 0 Å². The lowest BCUT2D eigenvalue weighted by Crippen LogP contribution is -2.38. The number of carbonyl (C=O) groups is 2. The second-order valence-electron chi connectivity index (χ2n) is 4.25. The quantitative estimate of drug-likeness (QED) is 0.884. The lowest BCUT2D eigenvalue weighted by atomic mass is 10.2. The van der Waals surface area contributed by atoms with E-state index >= 15 is 0 Å². The van der Waals surface area contributed by atoms with Crippen LogP contribution in [-0.2, 0) is 11.3 Å². The third-order valence-corrected chi connectivity index (χ3v) is 2.69. The molecule has 2 heterocycles. The van der Waals surface area contributed by atoms with Gasteiger partial charge in [0.1, 0.15) is 5.76 Å². The van der Waals surface area contributed by atoms with Crippen molar-refractivity contribution in [3.05, 3.63) is 54.2 Å². The van der Waals surface area contributed by atoms with Gasteiger partial charge in [-0.05, 0) is 24.3 Å². The Bertz CT molecular complexity index is 567. The molecule has 2 aromatic rings. The molecule has 2 rings (SSSR count). The van der Waals surface area contributed by atoms with Crippen LogP contribution in [0.25, 0.3) is 0 Å². The molecule has 0 spiro atoms. The molecule has 20 heavy (non-hydrogen) atoms. The molecule has 104 valence electrons. The number of amides is 2. The summed E-state index contributed by atoms with van der Waals surface area (Å²) < 4.78 is 5.10. The lowest BCUT2D eigenvalue weighted by Gasteiger charge is -2.16. The van der Waals surface area contributed by atoms with Crippen LogP contribution in [0.2, 0.25) is 0 Å². The summed E-state index contributed by atoms with van der Waals surface area (Å²) in [5, 5.41) is 2.68. The molecule has 2 aromatic heterocycles. The van der Waals surface area contributed by atoms with Crippen LogP contribution in [0.4, 0.5) is 0 Å². The van der Waals surface area contributed by atoms with Gasteiger partial charge >= 0.3 is 0 Å². The first kappa shape index (κ1) is 13.8. The van der Waals surface area contributed by atoms with Crippen LogP contribution in [-0.4, -0.2) is 35.3 Å². The Labute approximate surface area is 116 Å². The first-order valence-electron chi connectivity index (χ1n) is 6.11. The summed E-state index contributed by atoms with van der Waals surface area (Å²) in [7, 11) is 1.58. The van der Waals surface area contributed by atoms with Crippen LogP contribution in [0, 0.1) is 0 Å². The number of furan rings is 1. The minimum atomic E-state index is -0.244. The number of rotatable bonds is 5. The van der Waals surface area contributed by atoms with Crippen LogP contribution in [0.15, 0.2) is 47.3 Å². The molecule has 0 radical (unpaired) electrons. The van der Waals surface area contributed by atoms with Crippen LogP contribution >= 0.6 is 0 Å². The van der Waals surface area contributed by atoms with E-state index in [-0.39, 0.29) is 18.4 Å². The van der Waals surface area contributed by atoms with Crippen molar-refractivity contribution in [2.75, 3.05) is 13.6 Å². The van der Waals surface area contributed by atoms with Crippen molar-refractivity contribution in [1.29, 1.82) is 0 Å². The van der Waals surface area contributed by atoms with E-state index in [1.165, 1.54) is 17.3 Å². The van der Waals surface area contributed by atoms with Gasteiger partial charge in [-0.15, -0.1) is 0 Å². The summed E-state index contributed by atoms with van der Waals surface area (Å²) in [5.41, 5.74) is 0.501. The predicted octanol–water partition coefficient (Wildman–Crippen LogP) is 1.06. The fourth-order valence-corrected chi connectivity index (χ4v) is 1.66. The minimum absolute atomic E-state index is 0.0120. The zero-order valence-electron chi connectivity index (χ0n) is 11.1. The van der Waals surface area contributed by atoms with Crippen molar-refractivity contribution in [2.45, 2.75) is 6.54 Å². The molecule has 0 atom stereocenters. The van der Waals surface area contributed by atoms with Gasteiger partial charge in [0, 0.05) is 25.0 Å². The normalized spacial score (nSPS) is 10.1. The van der Waals surface area contributed by atoms with E-state index in [0.29, 0.717) is 17.9 Å². The van der Waals surface area contributed by atoms with Crippen molar-refractivity contribution in [1.82, 2.24) is 15.2 Å². The second kappa shape index (κ2) is 6.51. The van der Waals surface area contributed by atoms with Crippen molar-refractivity contribution in [3.63, 3.8) is 0 Å². The molecule has 0 aliphatic rings. The molecule has 0 bridgehead atoms. The maximum atomic E-state index is 12.0. The molecule has 0 aliphatic heterocycles. The standard InChI is InChI=1S/C14H15N3O3/c1-17(14(19)11-4-6-15-7-5-11)10-13(18)16-9-12-3-2-8-20-12/h2-8H,9-10H2,1H3,(H,16,18). The molecule has 1 N–H and O–H groups in total. The maximum Gasteiger partial charge on any atom is 0.254 e. The number of nitrogens with one attached hydrogen (secondary N) is 1. The van der Waals surface area contributed by atoms with Gasteiger partial charge in [-0.3, -0.25) is 14.6 Å². The SMILES string of the molecule is CN(CC(=O)NCc1ccco1)C(=O)c1ccncc1. The third kappa shape index (κ3) is 3.68. The Morgan fingerprint density at radius 1 is 1.30 bits per heavy atom.